The van der Waals surface area contributed by atoms with Gasteiger partial charge in [-0.15, -0.1) is 0 Å². The molecule has 0 fully saturated rings. The highest BCUT2D eigenvalue weighted by atomic mass is 16.2. The van der Waals surface area contributed by atoms with Gasteiger partial charge in [0.05, 0.1) is 27.7 Å². The third-order valence-corrected chi connectivity index (χ3v) is 2.10. The van der Waals surface area contributed by atoms with Gasteiger partial charge in [0.25, 0.3) is 0 Å². The molecule has 0 spiro atoms. The van der Waals surface area contributed by atoms with E-state index < -0.39 is 5.91 Å². The van der Waals surface area contributed by atoms with Crippen molar-refractivity contribution in [3.05, 3.63) is 24.3 Å². The summed E-state index contributed by atoms with van der Waals surface area (Å²) in [4.78, 5) is 20.9. The van der Waals surface area contributed by atoms with Crippen molar-refractivity contribution >= 4 is 11.8 Å². The number of rotatable bonds is 6. The van der Waals surface area contributed by atoms with Crippen molar-refractivity contribution in [1.82, 2.24) is 5.32 Å². The SMILES string of the molecule is C=C(C)C(=O)NCCC[N+](C)(C)C.C=C(C)C(N)=O. The topological polar surface area (TPSA) is 72.2 Å². The number of nitrogens with zero attached hydrogens (tertiary/aromatic N) is 1. The lowest BCUT2D eigenvalue weighted by Gasteiger charge is -2.23. The highest BCUT2D eigenvalue weighted by molar-refractivity contribution is 5.92. The first-order valence-corrected chi connectivity index (χ1v) is 6.17. The van der Waals surface area contributed by atoms with E-state index in [2.05, 4.69) is 39.6 Å². The molecule has 3 N–H and O–H groups in total. The van der Waals surface area contributed by atoms with Gasteiger partial charge >= 0.3 is 0 Å². The Morgan fingerprint density at radius 2 is 1.53 bits per heavy atom. The molecular weight excluding hydrogens is 242 g/mol. The van der Waals surface area contributed by atoms with Crippen LogP contribution in [0.15, 0.2) is 24.3 Å². The maximum absolute atomic E-state index is 11.1. The van der Waals surface area contributed by atoms with Crippen LogP contribution in [0.2, 0.25) is 0 Å². The highest BCUT2D eigenvalue weighted by Crippen LogP contribution is 1.92. The molecule has 19 heavy (non-hydrogen) atoms. The molecule has 0 bridgehead atoms. The van der Waals surface area contributed by atoms with Gasteiger partial charge in [-0.1, -0.05) is 13.2 Å². The van der Waals surface area contributed by atoms with Crippen LogP contribution in [0.3, 0.4) is 0 Å². The summed E-state index contributed by atoms with van der Waals surface area (Å²) in [6.07, 6.45) is 1.00. The van der Waals surface area contributed by atoms with Crippen molar-refractivity contribution < 1.29 is 14.1 Å². The van der Waals surface area contributed by atoms with Crippen LogP contribution >= 0.6 is 0 Å². The van der Waals surface area contributed by atoms with E-state index in [1.54, 1.807) is 13.8 Å². The molecule has 0 saturated carbocycles. The molecule has 0 atom stereocenters. The Bertz CT molecular complexity index is 329. The molecule has 0 saturated heterocycles. The van der Waals surface area contributed by atoms with Crippen molar-refractivity contribution in [1.29, 1.82) is 0 Å². The van der Waals surface area contributed by atoms with E-state index in [1.165, 1.54) is 0 Å². The van der Waals surface area contributed by atoms with Crippen LogP contribution in [0.4, 0.5) is 0 Å². The summed E-state index contributed by atoms with van der Waals surface area (Å²) in [6.45, 7) is 11.9. The fourth-order valence-electron chi connectivity index (χ4n) is 0.906. The lowest BCUT2D eigenvalue weighted by atomic mass is 10.3. The third kappa shape index (κ3) is 16.4. The first-order valence-electron chi connectivity index (χ1n) is 6.17. The Balaban J connectivity index is 0. The summed E-state index contributed by atoms with van der Waals surface area (Å²) in [5.74, 6) is -0.476. The summed E-state index contributed by atoms with van der Waals surface area (Å²) >= 11 is 0. The molecule has 0 aliphatic carbocycles. The molecule has 0 aromatic carbocycles. The minimum atomic E-state index is -0.435. The number of hydrogen-bond donors (Lipinski definition) is 2. The number of nitrogens with one attached hydrogen (secondary N) is 1. The molecule has 5 heteroatoms. The number of amides is 2. The van der Waals surface area contributed by atoms with Gasteiger partial charge in [0.2, 0.25) is 11.8 Å². The van der Waals surface area contributed by atoms with E-state index in [1.807, 2.05) is 0 Å². The minimum absolute atomic E-state index is 0.0404. The van der Waals surface area contributed by atoms with Crippen molar-refractivity contribution in [2.45, 2.75) is 20.3 Å². The monoisotopic (exact) mass is 270 g/mol. The van der Waals surface area contributed by atoms with Crippen LogP contribution in [-0.2, 0) is 9.59 Å². The largest absolute Gasteiger partial charge is 0.366 e. The second-order valence-corrected chi connectivity index (χ2v) is 5.55. The molecule has 5 nitrogen and oxygen atoms in total. The van der Waals surface area contributed by atoms with Crippen molar-refractivity contribution in [3.8, 4) is 0 Å². The number of nitrogens with two attached hydrogens (primary N) is 1. The first kappa shape index (κ1) is 19.7. The van der Waals surface area contributed by atoms with E-state index in [9.17, 15) is 9.59 Å². The Labute approximate surface area is 116 Å². The average molecular weight is 270 g/mol. The van der Waals surface area contributed by atoms with E-state index >= 15 is 0 Å². The molecule has 0 aliphatic heterocycles. The Kier molecular flexibility index (Phi) is 9.68. The maximum atomic E-state index is 11.1. The van der Waals surface area contributed by atoms with Gasteiger partial charge in [0.15, 0.2) is 0 Å². The van der Waals surface area contributed by atoms with Gasteiger partial charge in [0, 0.05) is 24.1 Å². The van der Waals surface area contributed by atoms with Gasteiger partial charge in [-0.2, -0.15) is 0 Å². The summed E-state index contributed by atoms with van der Waals surface area (Å²) in [7, 11) is 6.42. The van der Waals surface area contributed by atoms with E-state index in [0.29, 0.717) is 11.1 Å². The molecule has 0 heterocycles. The van der Waals surface area contributed by atoms with Crippen LogP contribution < -0.4 is 11.1 Å². The van der Waals surface area contributed by atoms with Gasteiger partial charge in [-0.25, -0.2) is 0 Å². The predicted molar refractivity (Wildman–Crippen MR) is 79.3 cm³/mol. The van der Waals surface area contributed by atoms with Crippen LogP contribution in [0.5, 0.6) is 0 Å². The first-order chi connectivity index (χ1) is 8.47. The average Bonchev–Trinajstić information content (AvgIpc) is 2.23. The molecule has 0 unspecified atom stereocenters. The standard InChI is InChI=1S/C10H20N2O.C4H7NO/c1-9(2)10(13)11-7-6-8-12(3,4)5;1-3(2)4(5)6/h1,6-8H2,2-5H3;1H2,2H3,(H2,5,6)/p+1. The zero-order chi connectivity index (χ0) is 15.6. The number of hydrogen-bond acceptors (Lipinski definition) is 2. The molecule has 110 valence electrons. The summed E-state index contributed by atoms with van der Waals surface area (Å²) in [5, 5.41) is 2.81. The van der Waals surface area contributed by atoms with Gasteiger partial charge < -0.3 is 15.5 Å². The van der Waals surface area contributed by atoms with E-state index in [0.717, 1.165) is 24.0 Å². The normalized spacial score (nSPS) is 9.95. The van der Waals surface area contributed by atoms with Crippen LogP contribution in [-0.4, -0.2) is 50.5 Å². The number of quaternary nitrogens is 1. The van der Waals surface area contributed by atoms with Crippen LogP contribution in [0.25, 0.3) is 0 Å². The number of carbonyl (C=O) groups excluding carboxylic acids is 2. The predicted octanol–water partition coefficient (Wildman–Crippen LogP) is 0.823. The maximum Gasteiger partial charge on any atom is 0.246 e. The Morgan fingerprint density at radius 1 is 1.11 bits per heavy atom. The fraction of sp³-hybridized carbons (Fsp3) is 0.571. The molecule has 0 aliphatic rings. The molecule has 0 aromatic heterocycles. The molecule has 0 radical (unpaired) electrons. The minimum Gasteiger partial charge on any atom is -0.366 e. The quantitative estimate of drug-likeness (QED) is 0.426. The fourth-order valence-corrected chi connectivity index (χ4v) is 0.906. The van der Waals surface area contributed by atoms with Crippen LogP contribution in [0, 0.1) is 0 Å². The second kappa shape index (κ2) is 9.33. The summed E-state index contributed by atoms with van der Waals surface area (Å²) in [5.41, 5.74) is 5.67. The highest BCUT2D eigenvalue weighted by Gasteiger charge is 2.06. The van der Waals surface area contributed by atoms with Crippen LogP contribution in [0.1, 0.15) is 20.3 Å². The van der Waals surface area contributed by atoms with Crippen molar-refractivity contribution in [2.24, 2.45) is 5.73 Å². The van der Waals surface area contributed by atoms with Gasteiger partial charge in [-0.3, -0.25) is 9.59 Å². The van der Waals surface area contributed by atoms with Crippen molar-refractivity contribution in [2.75, 3.05) is 34.2 Å². The van der Waals surface area contributed by atoms with Gasteiger partial charge in [0.1, 0.15) is 0 Å². The zero-order valence-corrected chi connectivity index (χ0v) is 12.9. The Morgan fingerprint density at radius 3 is 1.79 bits per heavy atom. The molecular formula is C14H28N3O2+. The Hall–Kier alpha value is -1.62. The summed E-state index contributed by atoms with van der Waals surface area (Å²) < 4.78 is 0.933. The van der Waals surface area contributed by atoms with E-state index in [4.69, 9.17) is 5.73 Å². The van der Waals surface area contributed by atoms with E-state index in [-0.39, 0.29) is 5.91 Å². The summed E-state index contributed by atoms with van der Waals surface area (Å²) in [6, 6.07) is 0. The second-order valence-electron chi connectivity index (χ2n) is 5.55. The third-order valence-electron chi connectivity index (χ3n) is 2.10. The van der Waals surface area contributed by atoms with Crippen molar-refractivity contribution in [3.63, 3.8) is 0 Å². The smallest absolute Gasteiger partial charge is 0.246 e. The molecule has 0 aromatic rings. The number of carbonyl (C=O) groups is 2. The molecule has 0 rings (SSSR count). The van der Waals surface area contributed by atoms with Gasteiger partial charge in [-0.05, 0) is 13.8 Å². The lowest BCUT2D eigenvalue weighted by molar-refractivity contribution is -0.870. The zero-order valence-electron chi connectivity index (χ0n) is 12.9. The number of primary amides is 1. The lowest BCUT2D eigenvalue weighted by Crippen LogP contribution is -2.37. The molecule has 2 amide bonds.